The highest BCUT2D eigenvalue weighted by atomic mass is 16.5. The molecule has 0 spiro atoms. The minimum atomic E-state index is 0.647. The quantitative estimate of drug-likeness (QED) is 0.833. The van der Waals surface area contributed by atoms with Crippen molar-refractivity contribution in [3.63, 3.8) is 0 Å². The summed E-state index contributed by atoms with van der Waals surface area (Å²) in [6.07, 6.45) is 2.98. The maximum Gasteiger partial charge on any atom is 0.221 e. The Balaban J connectivity index is 2.23. The van der Waals surface area contributed by atoms with Crippen LogP contribution in [0.25, 0.3) is 10.8 Å². The molecule has 3 heteroatoms. The molecule has 0 bridgehead atoms. The van der Waals surface area contributed by atoms with Gasteiger partial charge in [0.05, 0.1) is 6.61 Å². The number of pyridine rings is 1. The first-order valence-corrected chi connectivity index (χ1v) is 7.42. The largest absolute Gasteiger partial charge is 0.477 e. The van der Waals surface area contributed by atoms with Crippen molar-refractivity contribution in [1.29, 1.82) is 0 Å². The van der Waals surface area contributed by atoms with Crippen LogP contribution < -0.4 is 10.1 Å². The SMILES string of the molecule is CCNCc1cnc(OCCC(C)C)c2ccccc12. The van der Waals surface area contributed by atoms with E-state index in [1.54, 1.807) is 0 Å². The highest BCUT2D eigenvalue weighted by molar-refractivity contribution is 5.89. The fourth-order valence-electron chi connectivity index (χ4n) is 2.13. The van der Waals surface area contributed by atoms with E-state index in [1.165, 1.54) is 10.9 Å². The summed E-state index contributed by atoms with van der Waals surface area (Å²) in [5, 5.41) is 5.68. The predicted molar refractivity (Wildman–Crippen MR) is 84.1 cm³/mol. The van der Waals surface area contributed by atoms with Crippen LogP contribution in [0.15, 0.2) is 30.5 Å². The molecule has 0 amide bonds. The zero-order valence-electron chi connectivity index (χ0n) is 12.6. The first-order valence-electron chi connectivity index (χ1n) is 7.42. The van der Waals surface area contributed by atoms with Crippen molar-refractivity contribution in [3.8, 4) is 5.88 Å². The Labute approximate surface area is 121 Å². The van der Waals surface area contributed by atoms with Gasteiger partial charge in [-0.2, -0.15) is 0 Å². The average Bonchev–Trinajstić information content (AvgIpc) is 2.46. The average molecular weight is 272 g/mol. The molecule has 2 rings (SSSR count). The summed E-state index contributed by atoms with van der Waals surface area (Å²) < 4.78 is 5.86. The normalized spacial score (nSPS) is 11.2. The highest BCUT2D eigenvalue weighted by Gasteiger charge is 2.08. The lowest BCUT2D eigenvalue weighted by Gasteiger charge is -2.12. The number of benzene rings is 1. The van der Waals surface area contributed by atoms with Gasteiger partial charge in [-0.05, 0) is 35.9 Å². The summed E-state index contributed by atoms with van der Waals surface area (Å²) in [4.78, 5) is 4.49. The fraction of sp³-hybridized carbons (Fsp3) is 0.471. The standard InChI is InChI=1S/C17H24N2O/c1-4-18-11-14-12-19-17(20-10-9-13(2)3)16-8-6-5-7-15(14)16/h5-8,12-13,18H,4,9-11H2,1-3H3. The van der Waals surface area contributed by atoms with Crippen molar-refractivity contribution < 1.29 is 4.74 Å². The summed E-state index contributed by atoms with van der Waals surface area (Å²) in [5.74, 6) is 1.40. The molecule has 108 valence electrons. The van der Waals surface area contributed by atoms with Gasteiger partial charge in [0.25, 0.3) is 0 Å². The summed E-state index contributed by atoms with van der Waals surface area (Å²) in [5.41, 5.74) is 1.22. The summed E-state index contributed by atoms with van der Waals surface area (Å²) in [7, 11) is 0. The molecule has 1 N–H and O–H groups in total. The van der Waals surface area contributed by atoms with Gasteiger partial charge in [-0.15, -0.1) is 0 Å². The van der Waals surface area contributed by atoms with Gasteiger partial charge in [0, 0.05) is 18.1 Å². The van der Waals surface area contributed by atoms with Gasteiger partial charge in [0.1, 0.15) is 0 Å². The van der Waals surface area contributed by atoms with Gasteiger partial charge in [0.15, 0.2) is 0 Å². The second kappa shape index (κ2) is 7.25. The van der Waals surface area contributed by atoms with Gasteiger partial charge in [-0.3, -0.25) is 0 Å². The number of nitrogens with zero attached hydrogens (tertiary/aromatic N) is 1. The number of rotatable bonds is 7. The van der Waals surface area contributed by atoms with E-state index in [0.29, 0.717) is 5.92 Å². The van der Waals surface area contributed by atoms with Gasteiger partial charge in [-0.1, -0.05) is 39.0 Å². The lowest BCUT2D eigenvalue weighted by atomic mass is 10.1. The fourth-order valence-corrected chi connectivity index (χ4v) is 2.13. The molecule has 0 fully saturated rings. The third kappa shape index (κ3) is 3.70. The molecule has 0 radical (unpaired) electrons. The van der Waals surface area contributed by atoms with Crippen molar-refractivity contribution in [2.24, 2.45) is 5.92 Å². The van der Waals surface area contributed by atoms with E-state index in [9.17, 15) is 0 Å². The van der Waals surface area contributed by atoms with Crippen molar-refractivity contribution in [2.45, 2.75) is 33.7 Å². The van der Waals surface area contributed by atoms with Gasteiger partial charge in [0.2, 0.25) is 5.88 Å². The van der Waals surface area contributed by atoms with Gasteiger partial charge < -0.3 is 10.1 Å². The number of hydrogen-bond donors (Lipinski definition) is 1. The number of fused-ring (bicyclic) bond motifs is 1. The first-order chi connectivity index (χ1) is 9.72. The number of nitrogens with one attached hydrogen (secondary N) is 1. The summed E-state index contributed by atoms with van der Waals surface area (Å²) >= 11 is 0. The molecule has 0 saturated heterocycles. The lowest BCUT2D eigenvalue weighted by molar-refractivity contribution is 0.283. The van der Waals surface area contributed by atoms with Crippen LogP contribution in [0.5, 0.6) is 5.88 Å². The van der Waals surface area contributed by atoms with Crippen LogP contribution in [-0.2, 0) is 6.54 Å². The molecule has 0 atom stereocenters. The molecule has 0 aliphatic rings. The highest BCUT2D eigenvalue weighted by Crippen LogP contribution is 2.26. The molecule has 0 unspecified atom stereocenters. The zero-order valence-corrected chi connectivity index (χ0v) is 12.6. The lowest BCUT2D eigenvalue weighted by Crippen LogP contribution is -2.12. The van der Waals surface area contributed by atoms with E-state index >= 15 is 0 Å². The Morgan fingerprint density at radius 2 is 1.95 bits per heavy atom. The van der Waals surface area contributed by atoms with E-state index in [1.807, 2.05) is 12.3 Å². The van der Waals surface area contributed by atoms with Crippen molar-refractivity contribution >= 4 is 10.8 Å². The second-order valence-corrected chi connectivity index (χ2v) is 5.45. The molecular formula is C17H24N2O. The molecule has 0 aliphatic carbocycles. The van der Waals surface area contributed by atoms with Crippen LogP contribution in [0, 0.1) is 5.92 Å². The van der Waals surface area contributed by atoms with Crippen LogP contribution >= 0.6 is 0 Å². The van der Waals surface area contributed by atoms with Crippen LogP contribution in [-0.4, -0.2) is 18.1 Å². The molecule has 0 aliphatic heterocycles. The minimum absolute atomic E-state index is 0.647. The Morgan fingerprint density at radius 3 is 2.65 bits per heavy atom. The Kier molecular flexibility index (Phi) is 5.36. The van der Waals surface area contributed by atoms with E-state index in [0.717, 1.165) is 37.4 Å². The van der Waals surface area contributed by atoms with E-state index < -0.39 is 0 Å². The molecule has 2 aromatic rings. The topological polar surface area (TPSA) is 34.2 Å². The molecule has 1 aromatic heterocycles. The predicted octanol–water partition coefficient (Wildman–Crippen LogP) is 3.77. The van der Waals surface area contributed by atoms with Crippen LogP contribution in [0.3, 0.4) is 0 Å². The first kappa shape index (κ1) is 14.8. The Hall–Kier alpha value is -1.61. The van der Waals surface area contributed by atoms with Gasteiger partial charge in [-0.25, -0.2) is 4.98 Å². The van der Waals surface area contributed by atoms with Crippen LogP contribution in [0.4, 0.5) is 0 Å². The monoisotopic (exact) mass is 272 g/mol. The molecule has 1 aromatic carbocycles. The second-order valence-electron chi connectivity index (χ2n) is 5.45. The van der Waals surface area contributed by atoms with E-state index in [4.69, 9.17) is 4.74 Å². The van der Waals surface area contributed by atoms with E-state index in [2.05, 4.69) is 49.3 Å². The molecular weight excluding hydrogens is 248 g/mol. The molecule has 3 nitrogen and oxygen atoms in total. The summed E-state index contributed by atoms with van der Waals surface area (Å²) in [6.45, 7) is 9.04. The maximum atomic E-state index is 5.86. The number of hydrogen-bond acceptors (Lipinski definition) is 3. The molecule has 1 heterocycles. The molecule has 20 heavy (non-hydrogen) atoms. The van der Waals surface area contributed by atoms with Gasteiger partial charge >= 0.3 is 0 Å². The zero-order chi connectivity index (χ0) is 14.4. The van der Waals surface area contributed by atoms with Crippen molar-refractivity contribution in [2.75, 3.05) is 13.2 Å². The summed E-state index contributed by atoms with van der Waals surface area (Å²) in [6, 6.07) is 8.33. The number of aromatic nitrogens is 1. The molecule has 0 saturated carbocycles. The van der Waals surface area contributed by atoms with Crippen molar-refractivity contribution in [3.05, 3.63) is 36.0 Å². The smallest absolute Gasteiger partial charge is 0.221 e. The third-order valence-electron chi connectivity index (χ3n) is 3.34. The van der Waals surface area contributed by atoms with Crippen LogP contribution in [0.2, 0.25) is 0 Å². The van der Waals surface area contributed by atoms with Crippen molar-refractivity contribution in [1.82, 2.24) is 10.3 Å². The van der Waals surface area contributed by atoms with E-state index in [-0.39, 0.29) is 0 Å². The number of ether oxygens (including phenoxy) is 1. The van der Waals surface area contributed by atoms with Crippen LogP contribution in [0.1, 0.15) is 32.8 Å². The maximum absolute atomic E-state index is 5.86. The Morgan fingerprint density at radius 1 is 1.20 bits per heavy atom. The minimum Gasteiger partial charge on any atom is -0.477 e. The Bertz CT molecular complexity index is 552. The third-order valence-corrected chi connectivity index (χ3v) is 3.34.